The molecule has 0 aromatic heterocycles. The average Bonchev–Trinajstić information content (AvgIpc) is 3.15. The van der Waals surface area contributed by atoms with Gasteiger partial charge in [-0.2, -0.15) is 0 Å². The summed E-state index contributed by atoms with van der Waals surface area (Å²) in [4.78, 5) is 26.5. The van der Waals surface area contributed by atoms with Crippen LogP contribution in [0.3, 0.4) is 0 Å². The van der Waals surface area contributed by atoms with Gasteiger partial charge in [0.2, 0.25) is 11.8 Å². The standard InChI is InChI=1S/C16H18Cl2N2O2/c17-12-3-1-4-13(18)11(12)9-15(21)20-8-2-5-14(20)16(22)19-10-6-7-10/h1,3-4,10,14H,2,5-9H2,(H,19,22). The van der Waals surface area contributed by atoms with Crippen molar-refractivity contribution in [1.29, 1.82) is 0 Å². The van der Waals surface area contributed by atoms with Gasteiger partial charge in [-0.15, -0.1) is 0 Å². The topological polar surface area (TPSA) is 49.4 Å². The van der Waals surface area contributed by atoms with Gasteiger partial charge in [-0.3, -0.25) is 9.59 Å². The van der Waals surface area contributed by atoms with Crippen molar-refractivity contribution in [3.63, 3.8) is 0 Å². The number of hydrogen-bond donors (Lipinski definition) is 1. The van der Waals surface area contributed by atoms with Gasteiger partial charge in [0.25, 0.3) is 0 Å². The maximum absolute atomic E-state index is 12.6. The summed E-state index contributed by atoms with van der Waals surface area (Å²) in [6.07, 6.45) is 3.79. The lowest BCUT2D eigenvalue weighted by atomic mass is 10.1. The zero-order valence-corrected chi connectivity index (χ0v) is 13.7. The lowest BCUT2D eigenvalue weighted by Crippen LogP contribution is -2.47. The summed E-state index contributed by atoms with van der Waals surface area (Å²) >= 11 is 12.2. The lowest BCUT2D eigenvalue weighted by molar-refractivity contribution is -0.138. The van der Waals surface area contributed by atoms with E-state index in [1.807, 2.05) is 0 Å². The molecule has 1 atom stereocenters. The number of amides is 2. The molecule has 22 heavy (non-hydrogen) atoms. The van der Waals surface area contributed by atoms with Crippen LogP contribution in [-0.4, -0.2) is 35.3 Å². The second-order valence-corrected chi connectivity index (χ2v) is 6.72. The highest BCUT2D eigenvalue weighted by molar-refractivity contribution is 6.36. The van der Waals surface area contributed by atoms with Crippen LogP contribution < -0.4 is 5.32 Å². The van der Waals surface area contributed by atoms with Crippen LogP contribution in [0.2, 0.25) is 10.0 Å². The molecule has 1 heterocycles. The van der Waals surface area contributed by atoms with E-state index in [1.54, 1.807) is 23.1 Å². The third kappa shape index (κ3) is 3.39. The van der Waals surface area contributed by atoms with Gasteiger partial charge in [-0.25, -0.2) is 0 Å². The van der Waals surface area contributed by atoms with E-state index < -0.39 is 0 Å². The molecule has 1 saturated heterocycles. The van der Waals surface area contributed by atoms with Crippen LogP contribution in [0.1, 0.15) is 31.2 Å². The van der Waals surface area contributed by atoms with E-state index >= 15 is 0 Å². The molecule has 1 aromatic carbocycles. The van der Waals surface area contributed by atoms with E-state index in [1.165, 1.54) is 0 Å². The summed E-state index contributed by atoms with van der Waals surface area (Å²) in [5, 5.41) is 3.95. The van der Waals surface area contributed by atoms with Crippen molar-refractivity contribution in [2.24, 2.45) is 0 Å². The maximum atomic E-state index is 12.6. The Morgan fingerprint density at radius 3 is 2.50 bits per heavy atom. The van der Waals surface area contributed by atoms with Crippen molar-refractivity contribution in [3.8, 4) is 0 Å². The zero-order chi connectivity index (χ0) is 15.7. The van der Waals surface area contributed by atoms with Crippen molar-refractivity contribution in [2.45, 2.75) is 44.2 Å². The summed E-state index contributed by atoms with van der Waals surface area (Å²) in [6, 6.07) is 5.15. The number of rotatable bonds is 4. The van der Waals surface area contributed by atoms with Gasteiger partial charge >= 0.3 is 0 Å². The molecule has 2 fully saturated rings. The minimum atomic E-state index is -0.352. The number of carbonyl (C=O) groups excluding carboxylic acids is 2. The largest absolute Gasteiger partial charge is 0.352 e. The van der Waals surface area contributed by atoms with Crippen LogP contribution >= 0.6 is 23.2 Å². The van der Waals surface area contributed by atoms with E-state index in [2.05, 4.69) is 5.32 Å². The molecule has 0 bridgehead atoms. The number of halogens is 2. The Morgan fingerprint density at radius 2 is 1.86 bits per heavy atom. The van der Waals surface area contributed by atoms with Crippen molar-refractivity contribution < 1.29 is 9.59 Å². The summed E-state index contributed by atoms with van der Waals surface area (Å²) in [5.74, 6) is -0.123. The first kappa shape index (κ1) is 15.6. The Bertz CT molecular complexity index is 582. The molecule has 1 aromatic rings. The zero-order valence-electron chi connectivity index (χ0n) is 12.1. The molecule has 0 spiro atoms. The van der Waals surface area contributed by atoms with Crippen LogP contribution in [0, 0.1) is 0 Å². The summed E-state index contributed by atoms with van der Waals surface area (Å²) in [7, 11) is 0. The van der Waals surface area contributed by atoms with Crippen molar-refractivity contribution in [2.75, 3.05) is 6.54 Å². The van der Waals surface area contributed by atoms with Gasteiger partial charge in [-0.1, -0.05) is 29.3 Å². The molecule has 1 N–H and O–H groups in total. The number of benzene rings is 1. The molecule has 4 nitrogen and oxygen atoms in total. The minimum Gasteiger partial charge on any atom is -0.352 e. The second kappa shape index (κ2) is 6.47. The van der Waals surface area contributed by atoms with E-state index in [-0.39, 0.29) is 24.3 Å². The third-order valence-electron chi connectivity index (χ3n) is 4.19. The van der Waals surface area contributed by atoms with Crippen LogP contribution in [0.15, 0.2) is 18.2 Å². The number of nitrogens with zero attached hydrogens (tertiary/aromatic N) is 1. The fourth-order valence-electron chi connectivity index (χ4n) is 2.82. The predicted molar refractivity (Wildman–Crippen MR) is 86.1 cm³/mol. The Hall–Kier alpha value is -1.26. The van der Waals surface area contributed by atoms with Crippen molar-refractivity contribution in [1.82, 2.24) is 10.2 Å². The first-order valence-corrected chi connectivity index (χ1v) is 8.34. The van der Waals surface area contributed by atoms with Gasteiger partial charge in [0.15, 0.2) is 0 Å². The van der Waals surface area contributed by atoms with Crippen LogP contribution in [0.4, 0.5) is 0 Å². The molecular weight excluding hydrogens is 323 g/mol. The average molecular weight is 341 g/mol. The molecule has 2 amide bonds. The summed E-state index contributed by atoms with van der Waals surface area (Å²) < 4.78 is 0. The number of hydrogen-bond acceptors (Lipinski definition) is 2. The smallest absolute Gasteiger partial charge is 0.243 e. The molecule has 1 aliphatic carbocycles. The van der Waals surface area contributed by atoms with Crippen molar-refractivity contribution >= 4 is 35.0 Å². The summed E-state index contributed by atoms with van der Waals surface area (Å²) in [5.41, 5.74) is 0.629. The highest BCUT2D eigenvalue weighted by Gasteiger charge is 2.36. The van der Waals surface area contributed by atoms with E-state index in [4.69, 9.17) is 23.2 Å². The Labute approximate surface area is 139 Å². The van der Waals surface area contributed by atoms with E-state index in [0.29, 0.717) is 28.2 Å². The van der Waals surface area contributed by atoms with Gasteiger partial charge in [0.05, 0.1) is 6.42 Å². The van der Waals surface area contributed by atoms with Crippen LogP contribution in [0.25, 0.3) is 0 Å². The molecule has 0 radical (unpaired) electrons. The van der Waals surface area contributed by atoms with E-state index in [9.17, 15) is 9.59 Å². The highest BCUT2D eigenvalue weighted by atomic mass is 35.5. The number of likely N-dealkylation sites (tertiary alicyclic amines) is 1. The lowest BCUT2D eigenvalue weighted by Gasteiger charge is -2.24. The Kier molecular flexibility index (Phi) is 4.59. The van der Waals surface area contributed by atoms with Crippen LogP contribution in [-0.2, 0) is 16.0 Å². The predicted octanol–water partition coefficient (Wildman–Crippen LogP) is 2.81. The molecular formula is C16H18Cl2N2O2. The van der Waals surface area contributed by atoms with Crippen molar-refractivity contribution in [3.05, 3.63) is 33.8 Å². The Morgan fingerprint density at radius 1 is 1.18 bits per heavy atom. The molecule has 3 rings (SSSR count). The van der Waals surface area contributed by atoms with Gasteiger partial charge in [0.1, 0.15) is 6.04 Å². The summed E-state index contributed by atoms with van der Waals surface area (Å²) in [6.45, 7) is 0.615. The fraction of sp³-hybridized carbons (Fsp3) is 0.500. The first-order chi connectivity index (χ1) is 10.6. The SMILES string of the molecule is O=C(NC1CC1)C1CCCN1C(=O)Cc1c(Cl)cccc1Cl. The number of nitrogens with one attached hydrogen (secondary N) is 1. The molecule has 2 aliphatic rings. The molecule has 1 saturated carbocycles. The molecule has 1 unspecified atom stereocenters. The quantitative estimate of drug-likeness (QED) is 0.916. The highest BCUT2D eigenvalue weighted by Crippen LogP contribution is 2.27. The monoisotopic (exact) mass is 340 g/mol. The normalized spacial score (nSPS) is 21.0. The third-order valence-corrected chi connectivity index (χ3v) is 4.90. The Balaban J connectivity index is 1.69. The second-order valence-electron chi connectivity index (χ2n) is 5.91. The molecule has 1 aliphatic heterocycles. The van der Waals surface area contributed by atoms with Gasteiger partial charge in [-0.05, 0) is 43.4 Å². The number of carbonyl (C=O) groups is 2. The van der Waals surface area contributed by atoms with Crippen LogP contribution in [0.5, 0.6) is 0 Å². The molecule has 118 valence electrons. The fourth-order valence-corrected chi connectivity index (χ4v) is 3.35. The first-order valence-electron chi connectivity index (χ1n) is 7.59. The van der Waals surface area contributed by atoms with Gasteiger partial charge in [0, 0.05) is 22.6 Å². The minimum absolute atomic E-state index is 0.0291. The molecule has 6 heteroatoms. The van der Waals surface area contributed by atoms with Gasteiger partial charge < -0.3 is 10.2 Å². The van der Waals surface area contributed by atoms with E-state index in [0.717, 1.165) is 25.7 Å². The maximum Gasteiger partial charge on any atom is 0.243 e.